The second-order valence-electron chi connectivity index (χ2n) is 6.83. The summed E-state index contributed by atoms with van der Waals surface area (Å²) in [5.41, 5.74) is -1.17. The number of carbonyl (C=O) groups is 2. The molecule has 1 aliphatic heterocycles. The van der Waals surface area contributed by atoms with Crippen molar-refractivity contribution in [1.29, 1.82) is 0 Å². The number of ether oxygens (including phenoxy) is 1. The fourth-order valence-electron chi connectivity index (χ4n) is 3.09. The average Bonchev–Trinajstić information content (AvgIpc) is 2.87. The zero-order valence-corrected chi connectivity index (χ0v) is 15.4. The molecule has 2 N–H and O–H groups in total. The first-order valence-corrected chi connectivity index (χ1v) is 8.68. The van der Waals surface area contributed by atoms with Crippen LogP contribution in [-0.4, -0.2) is 41.2 Å². The summed E-state index contributed by atoms with van der Waals surface area (Å²) in [4.78, 5) is 25.8. The third-order valence-electron chi connectivity index (χ3n) is 4.66. The van der Waals surface area contributed by atoms with Gasteiger partial charge in [-0.15, -0.1) is 0 Å². The third-order valence-corrected chi connectivity index (χ3v) is 4.66. The van der Waals surface area contributed by atoms with Crippen LogP contribution in [-0.2, 0) is 10.3 Å². The van der Waals surface area contributed by atoms with E-state index in [1.807, 2.05) is 19.1 Å². The molecule has 2 aromatic rings. The maximum atomic E-state index is 14.1. The predicted molar refractivity (Wildman–Crippen MR) is 96.6 cm³/mol. The van der Waals surface area contributed by atoms with E-state index in [1.54, 1.807) is 12.1 Å². The van der Waals surface area contributed by atoms with E-state index in [-0.39, 0.29) is 18.7 Å². The smallest absolute Gasteiger partial charge is 0.325 e. The zero-order valence-electron chi connectivity index (χ0n) is 15.4. The van der Waals surface area contributed by atoms with Gasteiger partial charge < -0.3 is 15.2 Å². The number of hydrogen-bond donors (Lipinski definition) is 2. The van der Waals surface area contributed by atoms with Crippen molar-refractivity contribution in [2.24, 2.45) is 0 Å². The first-order valence-electron chi connectivity index (χ1n) is 8.68. The first-order chi connectivity index (χ1) is 13.2. The Hall–Kier alpha value is -3.00. The fraction of sp³-hybridized carbons (Fsp3) is 0.300. The molecule has 1 fully saturated rings. The minimum absolute atomic E-state index is 0.146. The van der Waals surface area contributed by atoms with Crippen molar-refractivity contribution in [2.75, 3.05) is 13.2 Å². The van der Waals surface area contributed by atoms with Crippen molar-refractivity contribution in [3.63, 3.8) is 0 Å². The number of imide groups is 1. The topological polar surface area (TPSA) is 78.9 Å². The number of rotatable bonds is 6. The molecular weight excluding hydrogens is 370 g/mol. The summed E-state index contributed by atoms with van der Waals surface area (Å²) in [6.45, 7) is 2.65. The van der Waals surface area contributed by atoms with E-state index >= 15 is 0 Å². The van der Waals surface area contributed by atoms with Crippen LogP contribution in [0.2, 0.25) is 0 Å². The maximum Gasteiger partial charge on any atom is 0.325 e. The minimum Gasteiger partial charge on any atom is -0.491 e. The molecule has 148 valence electrons. The molecule has 0 bridgehead atoms. The molecule has 0 aliphatic carbocycles. The summed E-state index contributed by atoms with van der Waals surface area (Å²) in [7, 11) is 0. The molecule has 2 aromatic carbocycles. The Morgan fingerprint density at radius 1 is 1.21 bits per heavy atom. The molecule has 0 radical (unpaired) electrons. The van der Waals surface area contributed by atoms with E-state index in [1.165, 1.54) is 6.92 Å². The summed E-state index contributed by atoms with van der Waals surface area (Å²) in [6.07, 6.45) is -1.16. The Labute approximate surface area is 160 Å². The Morgan fingerprint density at radius 3 is 2.64 bits per heavy atom. The van der Waals surface area contributed by atoms with E-state index in [9.17, 15) is 23.5 Å². The van der Waals surface area contributed by atoms with Crippen LogP contribution in [0.3, 0.4) is 0 Å². The van der Waals surface area contributed by atoms with Gasteiger partial charge in [0.15, 0.2) is 0 Å². The van der Waals surface area contributed by atoms with Gasteiger partial charge in [-0.2, -0.15) is 0 Å². The largest absolute Gasteiger partial charge is 0.491 e. The van der Waals surface area contributed by atoms with Gasteiger partial charge in [0.1, 0.15) is 35.6 Å². The highest BCUT2D eigenvalue weighted by molar-refractivity contribution is 6.07. The van der Waals surface area contributed by atoms with Gasteiger partial charge in [0, 0.05) is 5.56 Å². The molecule has 0 spiro atoms. The molecule has 0 saturated carbocycles. The standard InChI is InChI=1S/C20H20F2N2O4/c1-12-5-3-4-6-17(12)28-11-14(25)10-24-18(26)20(2,23-19(24)27)15-9-13(21)7-8-16(15)22/h3-9,14,25H,10-11H2,1-2H3,(H,23,27)/t14-,20+/m0/s1. The number of para-hydroxylation sites is 1. The molecule has 0 aromatic heterocycles. The Balaban J connectivity index is 1.71. The molecule has 3 rings (SSSR count). The molecule has 8 heteroatoms. The van der Waals surface area contributed by atoms with Gasteiger partial charge in [0.05, 0.1) is 6.54 Å². The molecule has 0 unspecified atom stereocenters. The van der Waals surface area contributed by atoms with Crippen LogP contribution in [0.15, 0.2) is 42.5 Å². The van der Waals surface area contributed by atoms with E-state index in [4.69, 9.17) is 4.74 Å². The number of carbonyl (C=O) groups excluding carboxylic acids is 2. The lowest BCUT2D eigenvalue weighted by Crippen LogP contribution is -2.43. The maximum absolute atomic E-state index is 14.1. The monoisotopic (exact) mass is 390 g/mol. The second-order valence-corrected chi connectivity index (χ2v) is 6.83. The van der Waals surface area contributed by atoms with Crippen molar-refractivity contribution in [1.82, 2.24) is 10.2 Å². The number of halogens is 2. The van der Waals surface area contributed by atoms with Crippen molar-refractivity contribution in [3.05, 3.63) is 65.2 Å². The van der Waals surface area contributed by atoms with E-state index in [0.717, 1.165) is 28.7 Å². The highest BCUT2D eigenvalue weighted by atomic mass is 19.1. The van der Waals surface area contributed by atoms with E-state index in [2.05, 4.69) is 5.32 Å². The number of aryl methyl sites for hydroxylation is 1. The number of nitrogens with zero attached hydrogens (tertiary/aromatic N) is 1. The van der Waals surface area contributed by atoms with Gasteiger partial charge in [-0.25, -0.2) is 13.6 Å². The quantitative estimate of drug-likeness (QED) is 0.743. The van der Waals surface area contributed by atoms with Gasteiger partial charge >= 0.3 is 6.03 Å². The lowest BCUT2D eigenvalue weighted by molar-refractivity contribution is -0.132. The summed E-state index contributed by atoms with van der Waals surface area (Å²) >= 11 is 0. The van der Waals surface area contributed by atoms with Gasteiger partial charge in [-0.05, 0) is 43.7 Å². The third kappa shape index (κ3) is 3.68. The minimum atomic E-state index is -1.76. The molecule has 2 atom stereocenters. The molecule has 3 amide bonds. The van der Waals surface area contributed by atoms with Crippen LogP contribution in [0.1, 0.15) is 18.1 Å². The second kappa shape index (κ2) is 7.55. The Morgan fingerprint density at radius 2 is 1.93 bits per heavy atom. The molecular formula is C20H20F2N2O4. The van der Waals surface area contributed by atoms with Crippen LogP contribution in [0, 0.1) is 18.6 Å². The van der Waals surface area contributed by atoms with Crippen molar-refractivity contribution < 1.29 is 28.2 Å². The van der Waals surface area contributed by atoms with Crippen LogP contribution in [0.25, 0.3) is 0 Å². The lowest BCUT2D eigenvalue weighted by atomic mass is 9.91. The number of benzene rings is 2. The highest BCUT2D eigenvalue weighted by Crippen LogP contribution is 2.31. The summed E-state index contributed by atoms with van der Waals surface area (Å²) in [5.74, 6) is -1.75. The van der Waals surface area contributed by atoms with Crippen LogP contribution in [0.4, 0.5) is 13.6 Å². The van der Waals surface area contributed by atoms with Gasteiger partial charge in [-0.1, -0.05) is 18.2 Å². The van der Waals surface area contributed by atoms with Crippen molar-refractivity contribution >= 4 is 11.9 Å². The van der Waals surface area contributed by atoms with Crippen LogP contribution in [0.5, 0.6) is 5.75 Å². The number of hydrogen-bond acceptors (Lipinski definition) is 4. The number of amides is 3. The van der Waals surface area contributed by atoms with Gasteiger partial charge in [0.25, 0.3) is 5.91 Å². The summed E-state index contributed by atoms with van der Waals surface area (Å²) in [6, 6.07) is 9.10. The molecule has 1 heterocycles. The average molecular weight is 390 g/mol. The van der Waals surface area contributed by atoms with Crippen molar-refractivity contribution in [3.8, 4) is 5.75 Å². The number of aliphatic hydroxyl groups is 1. The fourth-order valence-corrected chi connectivity index (χ4v) is 3.09. The zero-order chi connectivity index (χ0) is 20.5. The van der Waals surface area contributed by atoms with E-state index < -0.39 is 35.2 Å². The van der Waals surface area contributed by atoms with Gasteiger partial charge in [0.2, 0.25) is 0 Å². The first kappa shape index (κ1) is 19.8. The Kier molecular flexibility index (Phi) is 5.33. The predicted octanol–water partition coefficient (Wildman–Crippen LogP) is 2.48. The van der Waals surface area contributed by atoms with Crippen molar-refractivity contribution in [2.45, 2.75) is 25.5 Å². The molecule has 1 aliphatic rings. The Bertz CT molecular complexity index is 921. The molecule has 6 nitrogen and oxygen atoms in total. The van der Waals surface area contributed by atoms with E-state index in [0.29, 0.717) is 5.75 Å². The lowest BCUT2D eigenvalue weighted by Gasteiger charge is -2.23. The normalized spacial score (nSPS) is 20.2. The van der Waals surface area contributed by atoms with Crippen LogP contribution >= 0.6 is 0 Å². The SMILES string of the molecule is Cc1ccccc1OC[C@@H](O)CN1C(=O)N[C@](C)(c2cc(F)ccc2F)C1=O. The summed E-state index contributed by atoms with van der Waals surface area (Å²) in [5, 5.41) is 12.6. The summed E-state index contributed by atoms with van der Waals surface area (Å²) < 4.78 is 33.2. The number of urea groups is 1. The van der Waals surface area contributed by atoms with Gasteiger partial charge in [-0.3, -0.25) is 9.69 Å². The molecule has 28 heavy (non-hydrogen) atoms. The highest BCUT2D eigenvalue weighted by Gasteiger charge is 2.50. The number of nitrogens with one attached hydrogen (secondary N) is 1. The molecule has 1 saturated heterocycles. The van der Waals surface area contributed by atoms with Crippen LogP contribution < -0.4 is 10.1 Å². The number of aliphatic hydroxyl groups excluding tert-OH is 1. The number of β-amino-alcohol motifs (C(OH)–C–C–N with tert-alkyl or cyclic N) is 1.